The average molecular weight is 354 g/mol. The van der Waals surface area contributed by atoms with E-state index in [4.69, 9.17) is 11.6 Å². The Morgan fingerprint density at radius 2 is 1.86 bits per heavy atom. The van der Waals surface area contributed by atoms with Crippen molar-refractivity contribution in [3.8, 4) is 0 Å². The van der Waals surface area contributed by atoms with E-state index in [0.29, 0.717) is 0 Å². The molecule has 2 rings (SSSR count). The van der Waals surface area contributed by atoms with E-state index in [2.05, 4.69) is 4.72 Å². The minimum Gasteiger partial charge on any atom is -0.387 e. The molecular formula is C12H10ClF2NO3S2. The molecule has 1 unspecified atom stereocenters. The van der Waals surface area contributed by atoms with Crippen molar-refractivity contribution in [2.75, 3.05) is 6.54 Å². The highest BCUT2D eigenvalue weighted by atomic mass is 35.5. The quantitative estimate of drug-likeness (QED) is 0.868. The van der Waals surface area contributed by atoms with E-state index in [-0.39, 0.29) is 8.55 Å². The first-order valence-electron chi connectivity index (χ1n) is 5.68. The normalized spacial score (nSPS) is 13.3. The number of rotatable bonds is 5. The fourth-order valence-electron chi connectivity index (χ4n) is 1.63. The zero-order valence-electron chi connectivity index (χ0n) is 10.4. The molecule has 0 bridgehead atoms. The zero-order chi connectivity index (χ0) is 15.6. The van der Waals surface area contributed by atoms with Crippen LogP contribution in [-0.2, 0) is 10.0 Å². The van der Waals surface area contributed by atoms with Crippen molar-refractivity contribution in [2.24, 2.45) is 0 Å². The average Bonchev–Trinajstić information content (AvgIpc) is 2.84. The highest BCUT2D eigenvalue weighted by Gasteiger charge is 2.22. The van der Waals surface area contributed by atoms with Crippen LogP contribution >= 0.6 is 22.9 Å². The number of aliphatic hydroxyl groups is 1. The molecule has 0 aliphatic rings. The molecule has 1 atom stereocenters. The van der Waals surface area contributed by atoms with E-state index in [9.17, 15) is 22.3 Å². The predicted octanol–water partition coefficient (Wildman–Crippen LogP) is 2.69. The molecule has 2 N–H and O–H groups in total. The Kier molecular flexibility index (Phi) is 4.95. The van der Waals surface area contributed by atoms with Crippen LogP contribution in [0.2, 0.25) is 4.34 Å². The number of nitrogens with one attached hydrogen (secondary N) is 1. The van der Waals surface area contributed by atoms with Crippen molar-refractivity contribution in [1.29, 1.82) is 0 Å². The third-order valence-electron chi connectivity index (χ3n) is 2.61. The predicted molar refractivity (Wildman–Crippen MR) is 75.8 cm³/mol. The first kappa shape index (κ1) is 16.3. The first-order chi connectivity index (χ1) is 9.81. The molecule has 0 amide bonds. The van der Waals surface area contributed by atoms with Gasteiger partial charge in [0.1, 0.15) is 15.8 Å². The van der Waals surface area contributed by atoms with Gasteiger partial charge in [0.05, 0.1) is 16.0 Å². The van der Waals surface area contributed by atoms with Crippen molar-refractivity contribution >= 4 is 33.0 Å². The third kappa shape index (κ3) is 3.78. The van der Waals surface area contributed by atoms with Crippen molar-refractivity contribution < 1.29 is 22.3 Å². The number of benzene rings is 1. The number of thiophene rings is 1. The fraction of sp³-hybridized carbons (Fsp3) is 0.167. The molecule has 9 heteroatoms. The number of aliphatic hydroxyl groups excluding tert-OH is 1. The fourth-order valence-corrected chi connectivity index (χ4v) is 4.20. The number of sulfonamides is 1. The molecule has 1 aromatic carbocycles. The molecule has 2 aromatic rings. The standard InChI is InChI=1S/C12H10ClF2NO3S2/c13-10-4-5-11(20-10)21(18,19)16-6-9(17)12-7(14)2-1-3-8(12)15/h1-5,9,16-17H,6H2. The Bertz CT molecular complexity index is 728. The summed E-state index contributed by atoms with van der Waals surface area (Å²) in [7, 11) is -3.89. The van der Waals surface area contributed by atoms with Gasteiger partial charge in [0.25, 0.3) is 0 Å². The van der Waals surface area contributed by atoms with Gasteiger partial charge in [-0.3, -0.25) is 0 Å². The molecule has 1 heterocycles. The Morgan fingerprint density at radius 3 is 2.38 bits per heavy atom. The van der Waals surface area contributed by atoms with Gasteiger partial charge in [0.2, 0.25) is 10.0 Å². The van der Waals surface area contributed by atoms with Crippen LogP contribution in [0.4, 0.5) is 8.78 Å². The van der Waals surface area contributed by atoms with Gasteiger partial charge in [0, 0.05) is 6.54 Å². The zero-order valence-corrected chi connectivity index (χ0v) is 12.8. The van der Waals surface area contributed by atoms with Crippen molar-refractivity contribution in [1.82, 2.24) is 4.72 Å². The molecule has 0 radical (unpaired) electrons. The third-order valence-corrected chi connectivity index (χ3v) is 5.76. The highest BCUT2D eigenvalue weighted by molar-refractivity contribution is 7.91. The second kappa shape index (κ2) is 6.37. The van der Waals surface area contributed by atoms with Gasteiger partial charge >= 0.3 is 0 Å². The summed E-state index contributed by atoms with van der Waals surface area (Å²) in [5.74, 6) is -1.89. The van der Waals surface area contributed by atoms with Gasteiger partial charge < -0.3 is 5.11 Å². The van der Waals surface area contributed by atoms with Gasteiger partial charge in [0.15, 0.2) is 0 Å². The van der Waals surface area contributed by atoms with Gasteiger partial charge in [-0.15, -0.1) is 11.3 Å². The van der Waals surface area contributed by atoms with Crippen LogP contribution in [0.1, 0.15) is 11.7 Å². The first-order valence-corrected chi connectivity index (χ1v) is 8.36. The molecule has 0 aliphatic carbocycles. The number of hydrogen-bond acceptors (Lipinski definition) is 4. The Hall–Kier alpha value is -1.06. The van der Waals surface area contributed by atoms with E-state index in [1.807, 2.05) is 0 Å². The molecule has 0 saturated heterocycles. The van der Waals surface area contributed by atoms with Crippen LogP contribution in [-0.4, -0.2) is 20.1 Å². The smallest absolute Gasteiger partial charge is 0.250 e. The summed E-state index contributed by atoms with van der Waals surface area (Å²) in [6, 6.07) is 5.82. The summed E-state index contributed by atoms with van der Waals surface area (Å²) in [6.07, 6.45) is -1.64. The SMILES string of the molecule is O=S(=O)(NCC(O)c1c(F)cccc1F)c1ccc(Cl)s1. The van der Waals surface area contributed by atoms with Crippen LogP contribution in [0, 0.1) is 11.6 Å². The minimum absolute atomic E-state index is 0.0475. The molecule has 0 spiro atoms. The molecule has 0 aliphatic heterocycles. The summed E-state index contributed by atoms with van der Waals surface area (Å²) in [4.78, 5) is 0. The van der Waals surface area contributed by atoms with Crippen molar-refractivity contribution in [3.05, 3.63) is 51.9 Å². The van der Waals surface area contributed by atoms with Crippen LogP contribution in [0.15, 0.2) is 34.5 Å². The molecule has 0 saturated carbocycles. The van der Waals surface area contributed by atoms with E-state index in [1.165, 1.54) is 12.1 Å². The molecule has 1 aromatic heterocycles. The molecular weight excluding hydrogens is 344 g/mol. The van der Waals surface area contributed by atoms with Crippen LogP contribution in [0.3, 0.4) is 0 Å². The van der Waals surface area contributed by atoms with Gasteiger partial charge in [-0.2, -0.15) is 0 Å². The van der Waals surface area contributed by atoms with Crippen LogP contribution in [0.25, 0.3) is 0 Å². The van der Waals surface area contributed by atoms with E-state index in [1.54, 1.807) is 0 Å². The lowest BCUT2D eigenvalue weighted by Crippen LogP contribution is -2.28. The maximum atomic E-state index is 13.5. The largest absolute Gasteiger partial charge is 0.387 e. The molecule has 114 valence electrons. The highest BCUT2D eigenvalue weighted by Crippen LogP contribution is 2.26. The molecule has 0 fully saturated rings. The number of halogens is 3. The van der Waals surface area contributed by atoms with Crippen LogP contribution in [0.5, 0.6) is 0 Å². The van der Waals surface area contributed by atoms with E-state index < -0.39 is 39.9 Å². The summed E-state index contributed by atoms with van der Waals surface area (Å²) >= 11 is 6.48. The molecule has 21 heavy (non-hydrogen) atoms. The summed E-state index contributed by atoms with van der Waals surface area (Å²) in [5, 5.41) is 9.77. The summed E-state index contributed by atoms with van der Waals surface area (Å²) in [5.41, 5.74) is -0.579. The van der Waals surface area contributed by atoms with Crippen LogP contribution < -0.4 is 4.72 Å². The lowest BCUT2D eigenvalue weighted by atomic mass is 10.1. The van der Waals surface area contributed by atoms with Gasteiger partial charge in [-0.05, 0) is 24.3 Å². The summed E-state index contributed by atoms with van der Waals surface area (Å²) < 4.78 is 53.0. The van der Waals surface area contributed by atoms with Gasteiger partial charge in [-0.25, -0.2) is 21.9 Å². The summed E-state index contributed by atoms with van der Waals surface area (Å²) in [6.45, 7) is -0.560. The minimum atomic E-state index is -3.89. The molecule has 4 nitrogen and oxygen atoms in total. The van der Waals surface area contributed by atoms with E-state index in [0.717, 1.165) is 29.5 Å². The number of hydrogen-bond donors (Lipinski definition) is 2. The lowest BCUT2D eigenvalue weighted by Gasteiger charge is -2.13. The maximum Gasteiger partial charge on any atom is 0.250 e. The Morgan fingerprint density at radius 1 is 1.24 bits per heavy atom. The second-order valence-corrected chi connectivity index (χ2v) is 7.77. The Labute approximate surface area is 129 Å². The lowest BCUT2D eigenvalue weighted by molar-refractivity contribution is 0.172. The Balaban J connectivity index is 2.13. The van der Waals surface area contributed by atoms with Crippen molar-refractivity contribution in [3.63, 3.8) is 0 Å². The van der Waals surface area contributed by atoms with Crippen molar-refractivity contribution in [2.45, 2.75) is 10.3 Å². The second-order valence-electron chi connectivity index (χ2n) is 4.06. The van der Waals surface area contributed by atoms with Gasteiger partial charge in [-0.1, -0.05) is 17.7 Å². The topological polar surface area (TPSA) is 66.4 Å². The maximum absolute atomic E-state index is 13.5. The van der Waals surface area contributed by atoms with E-state index >= 15 is 0 Å². The monoisotopic (exact) mass is 353 g/mol.